The van der Waals surface area contributed by atoms with Crippen molar-refractivity contribution in [3.05, 3.63) is 60.7 Å². The SMILES string of the molecule is Cl[SiH2]CP(c1ccccc1)c1ccccc1. The maximum absolute atomic E-state index is 6.05. The van der Waals surface area contributed by atoms with E-state index in [1.165, 1.54) is 16.4 Å². The third-order valence-corrected chi connectivity index (χ3v) is 8.27. The Morgan fingerprint density at radius 3 is 1.62 bits per heavy atom. The van der Waals surface area contributed by atoms with Gasteiger partial charge in [0.2, 0.25) is 0 Å². The van der Waals surface area contributed by atoms with E-state index in [0.29, 0.717) is 0 Å². The minimum Gasteiger partial charge on any atom is -0.176 e. The lowest BCUT2D eigenvalue weighted by Crippen LogP contribution is -2.15. The largest absolute Gasteiger partial charge is 0.176 e. The number of benzene rings is 2. The Kier molecular flexibility index (Phi) is 4.59. The molecule has 0 spiro atoms. The van der Waals surface area contributed by atoms with Crippen molar-refractivity contribution in [1.29, 1.82) is 0 Å². The van der Waals surface area contributed by atoms with Crippen molar-refractivity contribution < 1.29 is 0 Å². The predicted octanol–water partition coefficient (Wildman–Crippen LogP) is 2.40. The molecular formula is C13H14ClPSi. The summed E-state index contributed by atoms with van der Waals surface area (Å²) >= 11 is 6.05. The summed E-state index contributed by atoms with van der Waals surface area (Å²) in [6.07, 6.45) is 0. The van der Waals surface area contributed by atoms with E-state index in [0.717, 1.165) is 0 Å². The molecule has 3 heteroatoms. The number of rotatable bonds is 4. The van der Waals surface area contributed by atoms with Gasteiger partial charge in [0.15, 0.2) is 0 Å². The monoisotopic (exact) mass is 264 g/mol. The molecule has 0 saturated heterocycles. The molecule has 0 atom stereocenters. The van der Waals surface area contributed by atoms with Gasteiger partial charge in [-0.3, -0.25) is 0 Å². The molecule has 0 N–H and O–H groups in total. The Labute approximate surface area is 105 Å². The summed E-state index contributed by atoms with van der Waals surface area (Å²) < 4.78 is 0. The van der Waals surface area contributed by atoms with Crippen LogP contribution in [0.3, 0.4) is 0 Å². The summed E-state index contributed by atoms with van der Waals surface area (Å²) in [5, 5.41) is 2.88. The van der Waals surface area contributed by atoms with Crippen LogP contribution in [0.5, 0.6) is 0 Å². The molecule has 0 heterocycles. The molecule has 0 fully saturated rings. The maximum atomic E-state index is 6.05. The van der Waals surface area contributed by atoms with Crippen molar-refractivity contribution in [2.45, 2.75) is 0 Å². The fraction of sp³-hybridized carbons (Fsp3) is 0.0769. The topological polar surface area (TPSA) is 0 Å². The molecule has 0 aromatic heterocycles. The zero-order valence-corrected chi connectivity index (χ0v) is 12.1. The number of hydrogen-bond donors (Lipinski definition) is 0. The first-order valence-electron chi connectivity index (χ1n) is 5.35. The summed E-state index contributed by atoms with van der Waals surface area (Å²) in [5.41, 5.74) is 0. The van der Waals surface area contributed by atoms with Gasteiger partial charge < -0.3 is 0 Å². The van der Waals surface area contributed by atoms with E-state index in [-0.39, 0.29) is 7.92 Å². The van der Waals surface area contributed by atoms with Crippen LogP contribution in [0, 0.1) is 0 Å². The second-order valence-corrected chi connectivity index (χ2v) is 8.70. The Hall–Kier alpha value is -0.623. The smallest absolute Gasteiger partial charge is 0.130 e. The summed E-state index contributed by atoms with van der Waals surface area (Å²) in [5.74, 6) is 1.19. The van der Waals surface area contributed by atoms with Gasteiger partial charge in [-0.05, 0) is 24.3 Å². The van der Waals surface area contributed by atoms with E-state index in [1.54, 1.807) is 0 Å². The van der Waals surface area contributed by atoms with Gasteiger partial charge in [0.1, 0.15) is 8.83 Å². The summed E-state index contributed by atoms with van der Waals surface area (Å²) in [6.45, 7) is 0. The number of halogens is 1. The first kappa shape index (κ1) is 11.9. The van der Waals surface area contributed by atoms with E-state index in [9.17, 15) is 0 Å². The van der Waals surface area contributed by atoms with Crippen LogP contribution >= 0.6 is 19.0 Å². The average Bonchev–Trinajstić information content (AvgIpc) is 2.38. The Morgan fingerprint density at radius 1 is 0.812 bits per heavy atom. The first-order chi connectivity index (χ1) is 7.92. The summed E-state index contributed by atoms with van der Waals surface area (Å²) in [7, 11) is -0.641. The molecule has 0 bridgehead atoms. The van der Waals surface area contributed by atoms with Crippen LogP contribution in [0.1, 0.15) is 0 Å². The molecule has 0 unspecified atom stereocenters. The van der Waals surface area contributed by atoms with Crippen LogP contribution in [-0.2, 0) is 0 Å². The van der Waals surface area contributed by atoms with Crippen molar-refractivity contribution >= 4 is 38.4 Å². The minimum atomic E-state index is -0.420. The zero-order valence-electron chi connectivity index (χ0n) is 9.01. The highest BCUT2D eigenvalue weighted by Crippen LogP contribution is 2.32. The van der Waals surface area contributed by atoms with Crippen molar-refractivity contribution in [3.8, 4) is 0 Å². The Morgan fingerprint density at radius 2 is 1.25 bits per heavy atom. The molecule has 16 heavy (non-hydrogen) atoms. The van der Waals surface area contributed by atoms with Gasteiger partial charge in [-0.1, -0.05) is 60.7 Å². The Bertz CT molecular complexity index is 379. The fourth-order valence-corrected chi connectivity index (χ4v) is 7.33. The van der Waals surface area contributed by atoms with E-state index >= 15 is 0 Å². The van der Waals surface area contributed by atoms with Crippen LogP contribution in [0.25, 0.3) is 0 Å². The Balaban J connectivity index is 2.31. The van der Waals surface area contributed by atoms with E-state index in [2.05, 4.69) is 60.7 Å². The van der Waals surface area contributed by atoms with Crippen LogP contribution in [0.4, 0.5) is 0 Å². The summed E-state index contributed by atoms with van der Waals surface area (Å²) in [6, 6.07) is 21.5. The molecule has 2 aromatic rings. The summed E-state index contributed by atoms with van der Waals surface area (Å²) in [4.78, 5) is 0. The normalized spacial score (nSPS) is 11.4. The molecule has 2 rings (SSSR count). The van der Waals surface area contributed by atoms with Gasteiger partial charge in [-0.25, -0.2) is 0 Å². The average molecular weight is 265 g/mol. The van der Waals surface area contributed by atoms with E-state index in [1.807, 2.05) is 0 Å². The van der Waals surface area contributed by atoms with E-state index in [4.69, 9.17) is 11.1 Å². The van der Waals surface area contributed by atoms with Crippen LogP contribution in [-0.4, -0.2) is 14.6 Å². The van der Waals surface area contributed by atoms with Gasteiger partial charge in [-0.2, -0.15) is 11.1 Å². The molecule has 0 radical (unpaired) electrons. The molecule has 82 valence electrons. The highest BCUT2D eigenvalue weighted by molar-refractivity contribution is 7.74. The molecule has 2 aromatic carbocycles. The molecule has 0 aliphatic carbocycles. The van der Waals surface area contributed by atoms with Crippen molar-refractivity contribution in [1.82, 2.24) is 0 Å². The van der Waals surface area contributed by atoms with Crippen LogP contribution in [0.15, 0.2) is 60.7 Å². The van der Waals surface area contributed by atoms with Gasteiger partial charge >= 0.3 is 0 Å². The standard InChI is InChI=1S/C13H14ClPSi/c14-16-11-15(12-7-3-1-4-8-12)13-9-5-2-6-10-13/h1-10H,11,16H2. The molecule has 0 amide bonds. The van der Waals surface area contributed by atoms with Crippen molar-refractivity contribution in [2.75, 3.05) is 5.79 Å². The van der Waals surface area contributed by atoms with Crippen LogP contribution < -0.4 is 10.6 Å². The van der Waals surface area contributed by atoms with Crippen molar-refractivity contribution in [3.63, 3.8) is 0 Å². The van der Waals surface area contributed by atoms with Gasteiger partial charge in [0.05, 0.1) is 0 Å². The molecular weight excluding hydrogens is 251 g/mol. The lowest BCUT2D eigenvalue weighted by Gasteiger charge is -2.16. The molecule has 0 aliphatic heterocycles. The second kappa shape index (κ2) is 6.20. The third-order valence-electron chi connectivity index (χ3n) is 2.44. The molecule has 0 saturated carbocycles. The van der Waals surface area contributed by atoms with Crippen LogP contribution in [0.2, 0.25) is 0 Å². The lowest BCUT2D eigenvalue weighted by atomic mass is 10.4. The molecule has 0 aliphatic rings. The van der Waals surface area contributed by atoms with Gasteiger partial charge in [0, 0.05) is 0 Å². The highest BCUT2D eigenvalue weighted by atomic mass is 35.6. The van der Waals surface area contributed by atoms with Gasteiger partial charge in [0.25, 0.3) is 0 Å². The van der Waals surface area contributed by atoms with Crippen molar-refractivity contribution in [2.24, 2.45) is 0 Å². The zero-order chi connectivity index (χ0) is 11.2. The lowest BCUT2D eigenvalue weighted by molar-refractivity contribution is 1.74. The third kappa shape index (κ3) is 2.95. The quantitative estimate of drug-likeness (QED) is 0.452. The second-order valence-electron chi connectivity index (χ2n) is 3.51. The maximum Gasteiger partial charge on any atom is 0.130 e. The number of hydrogen-bond acceptors (Lipinski definition) is 0. The highest BCUT2D eigenvalue weighted by Gasteiger charge is 2.11. The van der Waals surface area contributed by atoms with Gasteiger partial charge in [-0.15, -0.1) is 0 Å². The fourth-order valence-electron chi connectivity index (χ4n) is 1.71. The minimum absolute atomic E-state index is 0.221. The first-order valence-corrected chi connectivity index (χ1v) is 10.0. The predicted molar refractivity (Wildman–Crippen MR) is 78.3 cm³/mol. The van der Waals surface area contributed by atoms with E-state index < -0.39 is 8.83 Å². The molecule has 0 nitrogen and oxygen atoms in total.